The fraction of sp³-hybridized carbons (Fsp3) is 0.667. The molecule has 1 rings (SSSR count). The van der Waals surface area contributed by atoms with Crippen LogP contribution in [0.25, 0.3) is 0 Å². The first-order valence-electron chi connectivity index (χ1n) is 3.38. The maximum Gasteiger partial charge on any atom is 0.251 e. The highest BCUT2D eigenvalue weighted by Crippen LogP contribution is 2.05. The molecule has 1 atom stereocenters. The van der Waals surface area contributed by atoms with E-state index in [0.29, 0.717) is 0 Å². The van der Waals surface area contributed by atoms with E-state index in [1.165, 1.54) is 0 Å². The molecule has 1 heterocycles. The quantitative estimate of drug-likeness (QED) is 0.549. The molecule has 0 aromatic rings. The Morgan fingerprint density at radius 1 is 1.80 bits per heavy atom. The van der Waals surface area contributed by atoms with E-state index < -0.39 is 0 Å². The summed E-state index contributed by atoms with van der Waals surface area (Å²) in [6.45, 7) is 2.01. The van der Waals surface area contributed by atoms with Gasteiger partial charge in [-0.3, -0.25) is 10.1 Å². The van der Waals surface area contributed by atoms with Crippen LogP contribution in [0.4, 0.5) is 0 Å². The normalized spacial score (nSPS) is 24.3. The molecule has 1 amide bonds. The molecule has 0 aromatic heterocycles. The average Bonchev–Trinajstić information content (AvgIpc) is 2.13. The van der Waals surface area contributed by atoms with Crippen molar-refractivity contribution >= 4 is 11.9 Å². The lowest BCUT2D eigenvalue weighted by Crippen LogP contribution is -2.32. The van der Waals surface area contributed by atoms with Crippen molar-refractivity contribution in [3.8, 4) is 0 Å². The van der Waals surface area contributed by atoms with Gasteiger partial charge in [-0.25, -0.2) is 4.99 Å². The molecule has 1 unspecified atom stereocenters. The van der Waals surface area contributed by atoms with E-state index in [0.717, 1.165) is 12.8 Å². The molecule has 0 aromatic carbocycles. The van der Waals surface area contributed by atoms with Crippen molar-refractivity contribution < 1.29 is 4.79 Å². The Bertz CT molecular complexity index is 176. The van der Waals surface area contributed by atoms with Crippen molar-refractivity contribution in [3.63, 3.8) is 0 Å². The van der Waals surface area contributed by atoms with E-state index in [1.54, 1.807) is 0 Å². The second kappa shape index (κ2) is 2.68. The van der Waals surface area contributed by atoms with E-state index in [-0.39, 0.29) is 17.9 Å². The van der Waals surface area contributed by atoms with Crippen LogP contribution in [0.5, 0.6) is 0 Å². The topological polar surface area (TPSA) is 67.5 Å². The number of guanidine groups is 1. The molecule has 3 N–H and O–H groups in total. The number of amides is 1. The fourth-order valence-corrected chi connectivity index (χ4v) is 0.937. The van der Waals surface area contributed by atoms with Gasteiger partial charge >= 0.3 is 0 Å². The number of hydrogen-bond donors (Lipinski definition) is 2. The van der Waals surface area contributed by atoms with E-state index in [1.807, 2.05) is 6.92 Å². The van der Waals surface area contributed by atoms with Gasteiger partial charge in [0.05, 0.1) is 0 Å². The highest BCUT2D eigenvalue weighted by atomic mass is 16.2. The molecule has 0 aliphatic carbocycles. The third-order valence-corrected chi connectivity index (χ3v) is 1.41. The van der Waals surface area contributed by atoms with Gasteiger partial charge in [0.2, 0.25) is 0 Å². The zero-order valence-corrected chi connectivity index (χ0v) is 5.92. The largest absolute Gasteiger partial charge is 0.370 e. The van der Waals surface area contributed by atoms with E-state index >= 15 is 0 Å². The first-order chi connectivity index (χ1) is 4.74. The SMILES string of the molecule is CCCC1N=C(N)NC1=O. The summed E-state index contributed by atoms with van der Waals surface area (Å²) >= 11 is 0. The Balaban J connectivity index is 2.52. The fourth-order valence-electron chi connectivity index (χ4n) is 0.937. The van der Waals surface area contributed by atoms with Crippen LogP contribution in [-0.4, -0.2) is 17.9 Å². The molecular formula is C6H11N3O. The van der Waals surface area contributed by atoms with Crippen molar-refractivity contribution in [3.05, 3.63) is 0 Å². The van der Waals surface area contributed by atoms with Crippen LogP contribution in [-0.2, 0) is 4.79 Å². The maximum atomic E-state index is 10.9. The molecule has 0 saturated heterocycles. The molecule has 4 heteroatoms. The van der Waals surface area contributed by atoms with Gasteiger partial charge in [-0.05, 0) is 6.42 Å². The van der Waals surface area contributed by atoms with Crippen LogP contribution in [0, 0.1) is 0 Å². The Labute approximate surface area is 59.5 Å². The zero-order valence-electron chi connectivity index (χ0n) is 5.92. The molecule has 4 nitrogen and oxygen atoms in total. The standard InChI is InChI=1S/C6H11N3O/c1-2-3-4-5(10)9-6(7)8-4/h4H,2-3H2,1H3,(H3,7,8,9,10). The first-order valence-corrected chi connectivity index (χ1v) is 3.38. The van der Waals surface area contributed by atoms with Gasteiger partial charge in [-0.15, -0.1) is 0 Å². The molecular weight excluding hydrogens is 130 g/mol. The summed E-state index contributed by atoms with van der Waals surface area (Å²) in [7, 11) is 0. The van der Waals surface area contributed by atoms with Crippen molar-refractivity contribution in [2.24, 2.45) is 10.7 Å². The second-order valence-electron chi connectivity index (χ2n) is 2.31. The highest BCUT2D eigenvalue weighted by molar-refractivity contribution is 6.04. The zero-order chi connectivity index (χ0) is 7.56. The van der Waals surface area contributed by atoms with Gasteiger partial charge in [0.15, 0.2) is 5.96 Å². The summed E-state index contributed by atoms with van der Waals surface area (Å²) < 4.78 is 0. The van der Waals surface area contributed by atoms with Crippen LogP contribution in [0.15, 0.2) is 4.99 Å². The number of carbonyl (C=O) groups excluding carboxylic acids is 1. The number of nitrogens with two attached hydrogens (primary N) is 1. The summed E-state index contributed by atoms with van der Waals surface area (Å²) in [6.07, 6.45) is 1.74. The third-order valence-electron chi connectivity index (χ3n) is 1.41. The second-order valence-corrected chi connectivity index (χ2v) is 2.31. The van der Waals surface area contributed by atoms with Gasteiger partial charge in [-0.2, -0.15) is 0 Å². The number of carbonyl (C=O) groups is 1. The maximum absolute atomic E-state index is 10.9. The van der Waals surface area contributed by atoms with Crippen LogP contribution in [0.3, 0.4) is 0 Å². The van der Waals surface area contributed by atoms with Crippen LogP contribution >= 0.6 is 0 Å². The van der Waals surface area contributed by atoms with Gasteiger partial charge in [-0.1, -0.05) is 13.3 Å². The number of nitrogens with one attached hydrogen (secondary N) is 1. The molecule has 0 spiro atoms. The number of hydrogen-bond acceptors (Lipinski definition) is 3. The molecule has 10 heavy (non-hydrogen) atoms. The summed E-state index contributed by atoms with van der Waals surface area (Å²) in [6, 6.07) is -0.231. The number of rotatable bonds is 2. The van der Waals surface area contributed by atoms with Crippen LogP contribution in [0.1, 0.15) is 19.8 Å². The minimum absolute atomic E-state index is 0.0700. The number of nitrogens with zero attached hydrogens (tertiary/aromatic N) is 1. The molecule has 1 aliphatic rings. The Morgan fingerprint density at radius 2 is 2.50 bits per heavy atom. The van der Waals surface area contributed by atoms with Crippen LogP contribution in [0.2, 0.25) is 0 Å². The Morgan fingerprint density at radius 3 is 2.90 bits per heavy atom. The van der Waals surface area contributed by atoms with Gasteiger partial charge in [0.25, 0.3) is 5.91 Å². The summed E-state index contributed by atoms with van der Waals surface area (Å²) in [5.74, 6) is 0.183. The van der Waals surface area contributed by atoms with Gasteiger partial charge in [0, 0.05) is 0 Å². The smallest absolute Gasteiger partial charge is 0.251 e. The van der Waals surface area contributed by atoms with Crippen molar-refractivity contribution in [1.82, 2.24) is 5.32 Å². The van der Waals surface area contributed by atoms with Crippen LogP contribution < -0.4 is 11.1 Å². The number of aliphatic imine (C=N–C) groups is 1. The van der Waals surface area contributed by atoms with E-state index in [2.05, 4.69) is 10.3 Å². The molecule has 1 aliphatic heterocycles. The van der Waals surface area contributed by atoms with Gasteiger partial charge < -0.3 is 5.73 Å². The lowest BCUT2D eigenvalue weighted by molar-refractivity contribution is -0.120. The van der Waals surface area contributed by atoms with Crippen molar-refractivity contribution in [2.75, 3.05) is 0 Å². The molecule has 0 radical (unpaired) electrons. The molecule has 0 fully saturated rings. The minimum Gasteiger partial charge on any atom is -0.370 e. The van der Waals surface area contributed by atoms with Crippen molar-refractivity contribution in [2.45, 2.75) is 25.8 Å². The van der Waals surface area contributed by atoms with E-state index in [9.17, 15) is 4.79 Å². The molecule has 0 bridgehead atoms. The summed E-state index contributed by atoms with van der Waals surface area (Å²) in [5.41, 5.74) is 5.26. The predicted octanol–water partition coefficient (Wildman–Crippen LogP) is -0.400. The van der Waals surface area contributed by atoms with E-state index in [4.69, 9.17) is 5.73 Å². The predicted molar refractivity (Wildman–Crippen MR) is 38.5 cm³/mol. The minimum atomic E-state index is -0.231. The summed E-state index contributed by atoms with van der Waals surface area (Å²) in [5, 5.41) is 2.44. The van der Waals surface area contributed by atoms with Gasteiger partial charge in [0.1, 0.15) is 6.04 Å². The average molecular weight is 141 g/mol. The molecule has 56 valence electrons. The third kappa shape index (κ3) is 1.26. The lowest BCUT2D eigenvalue weighted by Gasteiger charge is -1.98. The Kier molecular flexibility index (Phi) is 1.89. The summed E-state index contributed by atoms with van der Waals surface area (Å²) in [4.78, 5) is 14.8. The highest BCUT2D eigenvalue weighted by Gasteiger charge is 2.22. The monoisotopic (exact) mass is 141 g/mol. The van der Waals surface area contributed by atoms with Crippen molar-refractivity contribution in [1.29, 1.82) is 0 Å². The Hall–Kier alpha value is -1.06. The lowest BCUT2D eigenvalue weighted by atomic mass is 10.2. The molecule has 0 saturated carbocycles. The first kappa shape index (κ1) is 7.05.